The van der Waals surface area contributed by atoms with Gasteiger partial charge in [-0.15, -0.1) is 0 Å². The molecule has 0 saturated heterocycles. The van der Waals surface area contributed by atoms with Gasteiger partial charge in [0.2, 0.25) is 5.43 Å². The minimum absolute atomic E-state index is 0.0370. The molecule has 216 valence electrons. The van der Waals surface area contributed by atoms with Gasteiger partial charge in [0.15, 0.2) is 11.4 Å². The first-order valence-electron chi connectivity index (χ1n) is 13.1. The third kappa shape index (κ3) is 6.01. The van der Waals surface area contributed by atoms with Crippen LogP contribution in [0.4, 0.5) is 8.78 Å². The number of nitrogens with zero attached hydrogens (tertiary/aromatic N) is 4. The number of ether oxygens (including phenoxy) is 1. The molecule has 1 aliphatic heterocycles. The average molecular weight is 575 g/mol. The summed E-state index contributed by atoms with van der Waals surface area (Å²) in [5.41, 5.74) is 1.01. The third-order valence-electron chi connectivity index (χ3n) is 6.86. The van der Waals surface area contributed by atoms with Gasteiger partial charge < -0.3 is 9.64 Å². The number of hydroxylamine groups is 2. The molecular weight excluding hydrogens is 546 g/mol. The molecule has 4 aromatic rings. The Morgan fingerprint density at radius 2 is 1.45 bits per heavy atom. The Morgan fingerprint density at radius 1 is 0.857 bits per heavy atom. The molecule has 1 aromatic heterocycles. The fourth-order valence-corrected chi connectivity index (χ4v) is 4.60. The van der Waals surface area contributed by atoms with Crippen LogP contribution in [0.3, 0.4) is 0 Å². The molecule has 0 spiro atoms. The van der Waals surface area contributed by atoms with Crippen LogP contribution < -0.4 is 15.2 Å². The van der Waals surface area contributed by atoms with Crippen molar-refractivity contribution in [1.82, 2.24) is 14.6 Å². The number of amides is 2. The monoisotopic (exact) mass is 574 g/mol. The lowest BCUT2D eigenvalue weighted by Gasteiger charge is -2.40. The molecule has 2 amide bonds. The van der Waals surface area contributed by atoms with Crippen molar-refractivity contribution in [1.29, 1.82) is 0 Å². The summed E-state index contributed by atoms with van der Waals surface area (Å²) in [6.45, 7) is 0.299. The highest BCUT2D eigenvalue weighted by atomic mass is 19.1. The molecule has 0 bridgehead atoms. The lowest BCUT2D eigenvalue weighted by Crippen LogP contribution is -2.54. The zero-order valence-corrected chi connectivity index (χ0v) is 23.0. The van der Waals surface area contributed by atoms with Crippen LogP contribution in [0, 0.1) is 11.6 Å². The van der Waals surface area contributed by atoms with Crippen LogP contribution >= 0.6 is 0 Å². The van der Waals surface area contributed by atoms with Gasteiger partial charge in [0.1, 0.15) is 30.5 Å². The first-order valence-corrected chi connectivity index (χ1v) is 13.1. The second-order valence-corrected chi connectivity index (χ2v) is 9.72. The topological polar surface area (TPSA) is 84.3 Å². The van der Waals surface area contributed by atoms with Crippen LogP contribution in [0.5, 0.6) is 5.75 Å². The second kappa shape index (κ2) is 12.2. The quantitative estimate of drug-likeness (QED) is 0.280. The van der Waals surface area contributed by atoms with Gasteiger partial charge in [0, 0.05) is 19.8 Å². The van der Waals surface area contributed by atoms with E-state index in [0.29, 0.717) is 11.1 Å². The molecule has 5 rings (SSSR count). The van der Waals surface area contributed by atoms with E-state index in [1.165, 1.54) is 54.2 Å². The van der Waals surface area contributed by atoms with Crippen LogP contribution in [0.1, 0.15) is 37.5 Å². The number of aromatic nitrogens is 1. The van der Waals surface area contributed by atoms with E-state index in [-0.39, 0.29) is 43.4 Å². The van der Waals surface area contributed by atoms with Crippen molar-refractivity contribution in [2.45, 2.75) is 19.7 Å². The lowest BCUT2D eigenvalue weighted by molar-refractivity contribution is -0.0758. The predicted octanol–water partition coefficient (Wildman–Crippen LogP) is 4.09. The number of hydrogen-bond donors (Lipinski definition) is 0. The van der Waals surface area contributed by atoms with Crippen molar-refractivity contribution in [2.24, 2.45) is 0 Å². The Morgan fingerprint density at radius 3 is 2.05 bits per heavy atom. The lowest BCUT2D eigenvalue weighted by atomic mass is 10.1. The van der Waals surface area contributed by atoms with E-state index in [0.717, 1.165) is 10.6 Å². The molecule has 0 fully saturated rings. The highest BCUT2D eigenvalue weighted by Crippen LogP contribution is 2.26. The molecule has 3 aromatic carbocycles. The Hall–Kier alpha value is -5.03. The van der Waals surface area contributed by atoms with Crippen LogP contribution in [-0.4, -0.2) is 47.3 Å². The van der Waals surface area contributed by atoms with Gasteiger partial charge >= 0.3 is 0 Å². The molecule has 42 heavy (non-hydrogen) atoms. The molecule has 0 saturated carbocycles. The molecular formula is C31H28F2N4O5. The van der Waals surface area contributed by atoms with Crippen molar-refractivity contribution in [3.05, 3.63) is 135 Å². The van der Waals surface area contributed by atoms with Crippen molar-refractivity contribution in [3.8, 4) is 5.75 Å². The van der Waals surface area contributed by atoms with E-state index < -0.39 is 28.9 Å². The molecule has 0 N–H and O–H groups in total. The standard InChI is InChI=1S/C31H28F2N4O5/c1-34(41-2)30(39)26-18-37-27(29(28(26)38)42-19-23-6-4-3-5-7-23)31(40)35(16-21-8-12-24(32)13-9-21)20-36(37)17-22-10-14-25(33)15-11-22/h3-15,18H,16-17,19-20H2,1-2H3. The zero-order chi connectivity index (χ0) is 29.8. The Balaban J connectivity index is 1.64. The first kappa shape index (κ1) is 28.5. The largest absolute Gasteiger partial charge is 0.482 e. The fraction of sp³-hybridized carbons (Fsp3) is 0.194. The summed E-state index contributed by atoms with van der Waals surface area (Å²) in [5.74, 6) is -2.36. The number of carbonyl (C=O) groups is 2. The van der Waals surface area contributed by atoms with Crippen LogP contribution in [-0.2, 0) is 24.5 Å². The maximum atomic E-state index is 14.0. The van der Waals surface area contributed by atoms with E-state index in [4.69, 9.17) is 9.57 Å². The van der Waals surface area contributed by atoms with E-state index in [9.17, 15) is 23.2 Å². The Labute approximate surface area is 240 Å². The average Bonchev–Trinajstić information content (AvgIpc) is 3.00. The molecule has 9 nitrogen and oxygen atoms in total. The van der Waals surface area contributed by atoms with E-state index >= 15 is 0 Å². The highest BCUT2D eigenvalue weighted by Gasteiger charge is 2.36. The summed E-state index contributed by atoms with van der Waals surface area (Å²) >= 11 is 0. The summed E-state index contributed by atoms with van der Waals surface area (Å²) in [7, 11) is 2.65. The van der Waals surface area contributed by atoms with Crippen LogP contribution in [0.25, 0.3) is 0 Å². The molecule has 2 heterocycles. The Kier molecular flexibility index (Phi) is 8.30. The molecule has 0 atom stereocenters. The van der Waals surface area contributed by atoms with Gasteiger partial charge in [0.25, 0.3) is 11.8 Å². The minimum atomic E-state index is -0.773. The van der Waals surface area contributed by atoms with E-state index in [1.807, 2.05) is 18.2 Å². The maximum absolute atomic E-state index is 14.0. The smallest absolute Gasteiger partial charge is 0.282 e. The zero-order valence-electron chi connectivity index (χ0n) is 23.0. The van der Waals surface area contributed by atoms with Crippen molar-refractivity contribution in [2.75, 3.05) is 25.8 Å². The molecule has 11 heteroatoms. The summed E-state index contributed by atoms with van der Waals surface area (Å²) < 4.78 is 34.7. The summed E-state index contributed by atoms with van der Waals surface area (Å²) in [4.78, 5) is 47.4. The number of halogens is 2. The molecule has 0 radical (unpaired) electrons. The second-order valence-electron chi connectivity index (χ2n) is 9.72. The Bertz CT molecular complexity index is 1640. The van der Waals surface area contributed by atoms with Gasteiger partial charge in [-0.1, -0.05) is 54.6 Å². The van der Waals surface area contributed by atoms with E-state index in [1.54, 1.807) is 41.4 Å². The normalized spacial score (nSPS) is 12.7. The van der Waals surface area contributed by atoms with Gasteiger partial charge in [-0.2, -0.15) is 0 Å². The SMILES string of the molecule is CON(C)C(=O)c1cn2c(c(OCc3ccccc3)c1=O)C(=O)N(Cc1ccc(F)cc1)CN2Cc1ccc(F)cc1. The number of rotatable bonds is 9. The number of carbonyl (C=O) groups excluding carboxylic acids is 2. The predicted molar refractivity (Wildman–Crippen MR) is 150 cm³/mol. The highest BCUT2D eigenvalue weighted by molar-refractivity contribution is 5.99. The summed E-state index contributed by atoms with van der Waals surface area (Å²) in [6.07, 6.45) is 1.29. The number of hydrogen-bond acceptors (Lipinski definition) is 6. The molecule has 0 aliphatic carbocycles. The van der Waals surface area contributed by atoms with Crippen LogP contribution in [0.15, 0.2) is 89.9 Å². The maximum Gasteiger partial charge on any atom is 0.282 e. The van der Waals surface area contributed by atoms with Crippen molar-refractivity contribution < 1.29 is 27.9 Å². The van der Waals surface area contributed by atoms with E-state index in [2.05, 4.69) is 0 Å². The van der Waals surface area contributed by atoms with Gasteiger partial charge in [0.05, 0.1) is 13.7 Å². The third-order valence-corrected chi connectivity index (χ3v) is 6.86. The molecule has 1 aliphatic rings. The van der Waals surface area contributed by atoms with Crippen LogP contribution in [0.2, 0.25) is 0 Å². The summed E-state index contributed by atoms with van der Waals surface area (Å²) in [5, 5.41) is 2.63. The van der Waals surface area contributed by atoms with Gasteiger partial charge in [-0.25, -0.2) is 13.8 Å². The number of benzene rings is 3. The first-order chi connectivity index (χ1) is 20.2. The number of pyridine rings is 1. The van der Waals surface area contributed by atoms with Crippen molar-refractivity contribution in [3.63, 3.8) is 0 Å². The van der Waals surface area contributed by atoms with Crippen molar-refractivity contribution >= 4 is 11.8 Å². The van der Waals surface area contributed by atoms with Gasteiger partial charge in [-0.3, -0.25) is 28.9 Å². The summed E-state index contributed by atoms with van der Waals surface area (Å²) in [6, 6.07) is 20.7. The number of fused-ring (bicyclic) bond motifs is 1. The minimum Gasteiger partial charge on any atom is -0.482 e. The fourth-order valence-electron chi connectivity index (χ4n) is 4.60. The molecule has 0 unspecified atom stereocenters. The van der Waals surface area contributed by atoms with Gasteiger partial charge in [-0.05, 0) is 41.0 Å².